The number of Topliss-reactive ketones (excluding diaryl/α,β-unsaturated/α-hetero) is 1. The van der Waals surface area contributed by atoms with Crippen LogP contribution in [0.1, 0.15) is 20.7 Å². The minimum absolute atomic E-state index is 0.0134. The van der Waals surface area contributed by atoms with Crippen LogP contribution in [0.2, 0.25) is 5.02 Å². The maximum Gasteiger partial charge on any atom is 0.340 e. The van der Waals surface area contributed by atoms with Crippen LogP contribution in [-0.4, -0.2) is 58.4 Å². The number of halogens is 1. The Labute approximate surface area is 173 Å². The Morgan fingerprint density at radius 3 is 2.45 bits per heavy atom. The number of ketones is 1. The zero-order valence-corrected chi connectivity index (χ0v) is 17.2. The third kappa shape index (κ3) is 4.52. The van der Waals surface area contributed by atoms with Crippen LogP contribution in [0.15, 0.2) is 41.3 Å². The van der Waals surface area contributed by atoms with Crippen LogP contribution in [-0.2, 0) is 14.8 Å². The summed E-state index contributed by atoms with van der Waals surface area (Å²) in [6.45, 7) is 0.269. The molecular formula is C19H18ClNO7S. The SMILES string of the molecule is CN(C)S(=O)(=O)c1ccc(Cl)c(C(=O)OCC(=O)c2ccc3c(c2)OCCO3)c1. The predicted molar refractivity (Wildman–Crippen MR) is 104 cm³/mol. The van der Waals surface area contributed by atoms with Gasteiger partial charge in [0.15, 0.2) is 23.9 Å². The van der Waals surface area contributed by atoms with Gasteiger partial charge in [0.05, 0.1) is 15.5 Å². The van der Waals surface area contributed by atoms with Gasteiger partial charge in [-0.25, -0.2) is 17.5 Å². The molecule has 0 unspecified atom stereocenters. The second kappa shape index (κ2) is 8.40. The Bertz CT molecular complexity index is 1070. The molecule has 1 aliphatic rings. The number of esters is 1. The average molecular weight is 440 g/mol. The van der Waals surface area contributed by atoms with E-state index in [1.54, 1.807) is 12.1 Å². The average Bonchev–Trinajstić information content (AvgIpc) is 2.71. The van der Waals surface area contributed by atoms with Gasteiger partial charge in [-0.3, -0.25) is 4.79 Å². The highest BCUT2D eigenvalue weighted by Crippen LogP contribution is 2.31. The summed E-state index contributed by atoms with van der Waals surface area (Å²) in [7, 11) is -1.02. The van der Waals surface area contributed by atoms with E-state index in [1.165, 1.54) is 32.3 Å². The van der Waals surface area contributed by atoms with E-state index in [-0.39, 0.29) is 21.0 Å². The van der Waals surface area contributed by atoms with E-state index in [0.717, 1.165) is 10.4 Å². The molecule has 0 aromatic heterocycles. The highest BCUT2D eigenvalue weighted by molar-refractivity contribution is 7.89. The standard InChI is InChI=1S/C19H18ClNO7S/c1-21(2)29(24,25)13-4-5-15(20)14(10-13)19(23)28-11-16(22)12-3-6-17-18(9-12)27-8-7-26-17/h3-6,9-10H,7-8,11H2,1-2H3. The molecule has 8 nitrogen and oxygen atoms in total. The molecule has 1 aliphatic heterocycles. The molecule has 0 bridgehead atoms. The van der Waals surface area contributed by atoms with Crippen LogP contribution in [0.3, 0.4) is 0 Å². The molecular weight excluding hydrogens is 422 g/mol. The number of sulfonamides is 1. The maximum absolute atomic E-state index is 12.4. The molecule has 0 spiro atoms. The number of nitrogens with zero attached hydrogens (tertiary/aromatic N) is 1. The molecule has 0 saturated heterocycles. The number of hydrogen-bond acceptors (Lipinski definition) is 7. The van der Waals surface area contributed by atoms with Crippen molar-refractivity contribution in [2.45, 2.75) is 4.90 Å². The third-order valence-electron chi connectivity index (χ3n) is 4.13. The molecule has 2 aromatic carbocycles. The Morgan fingerprint density at radius 1 is 1.07 bits per heavy atom. The second-order valence-electron chi connectivity index (χ2n) is 6.29. The van der Waals surface area contributed by atoms with Crippen LogP contribution in [0.25, 0.3) is 0 Å². The van der Waals surface area contributed by atoms with Crippen molar-refractivity contribution in [2.24, 2.45) is 0 Å². The number of ether oxygens (including phenoxy) is 3. The molecule has 0 fully saturated rings. The van der Waals surface area contributed by atoms with Gasteiger partial charge in [0, 0.05) is 19.7 Å². The highest BCUT2D eigenvalue weighted by atomic mass is 35.5. The molecule has 0 N–H and O–H groups in total. The van der Waals surface area contributed by atoms with Crippen molar-refractivity contribution in [3.63, 3.8) is 0 Å². The molecule has 3 rings (SSSR count). The summed E-state index contributed by atoms with van der Waals surface area (Å²) in [4.78, 5) is 24.6. The van der Waals surface area contributed by atoms with Gasteiger partial charge in [-0.15, -0.1) is 0 Å². The smallest absolute Gasteiger partial charge is 0.340 e. The Morgan fingerprint density at radius 2 is 1.76 bits per heavy atom. The molecule has 0 atom stereocenters. The number of carbonyl (C=O) groups is 2. The minimum atomic E-state index is -3.76. The lowest BCUT2D eigenvalue weighted by atomic mass is 10.1. The molecule has 29 heavy (non-hydrogen) atoms. The lowest BCUT2D eigenvalue weighted by Crippen LogP contribution is -2.22. The van der Waals surface area contributed by atoms with E-state index in [1.807, 2.05) is 0 Å². The normalized spacial score (nSPS) is 13.2. The first kappa shape index (κ1) is 21.1. The first-order valence-corrected chi connectivity index (χ1v) is 10.3. The van der Waals surface area contributed by atoms with Gasteiger partial charge < -0.3 is 14.2 Å². The summed E-state index contributed by atoms with van der Waals surface area (Å²) < 4.78 is 41.4. The molecule has 0 aliphatic carbocycles. The summed E-state index contributed by atoms with van der Waals surface area (Å²) in [5.41, 5.74) is 0.140. The van der Waals surface area contributed by atoms with Crippen molar-refractivity contribution in [3.8, 4) is 11.5 Å². The minimum Gasteiger partial charge on any atom is -0.486 e. The first-order chi connectivity index (χ1) is 13.7. The third-order valence-corrected chi connectivity index (χ3v) is 6.28. The fraction of sp³-hybridized carbons (Fsp3) is 0.263. The van der Waals surface area contributed by atoms with Gasteiger partial charge in [0.25, 0.3) is 0 Å². The van der Waals surface area contributed by atoms with E-state index in [9.17, 15) is 18.0 Å². The largest absolute Gasteiger partial charge is 0.486 e. The molecule has 154 valence electrons. The van der Waals surface area contributed by atoms with Crippen LogP contribution < -0.4 is 9.47 Å². The van der Waals surface area contributed by atoms with Crippen LogP contribution in [0.4, 0.5) is 0 Å². The quantitative estimate of drug-likeness (QED) is 0.503. The van der Waals surface area contributed by atoms with Gasteiger partial charge >= 0.3 is 5.97 Å². The number of carbonyl (C=O) groups excluding carboxylic acids is 2. The zero-order valence-electron chi connectivity index (χ0n) is 15.7. The molecule has 1 heterocycles. The van der Waals surface area contributed by atoms with E-state index in [0.29, 0.717) is 24.7 Å². The summed E-state index contributed by atoms with van der Waals surface area (Å²) in [6, 6.07) is 8.36. The number of fused-ring (bicyclic) bond motifs is 1. The molecule has 0 radical (unpaired) electrons. The van der Waals surface area contributed by atoms with Gasteiger partial charge in [-0.05, 0) is 36.4 Å². The lowest BCUT2D eigenvalue weighted by Gasteiger charge is -2.18. The fourth-order valence-electron chi connectivity index (χ4n) is 2.54. The van der Waals surface area contributed by atoms with Crippen molar-refractivity contribution in [2.75, 3.05) is 33.9 Å². The van der Waals surface area contributed by atoms with Crippen LogP contribution in [0, 0.1) is 0 Å². The Kier molecular flexibility index (Phi) is 6.11. The number of rotatable bonds is 6. The van der Waals surface area contributed by atoms with Gasteiger partial charge in [-0.2, -0.15) is 0 Å². The number of benzene rings is 2. The summed E-state index contributed by atoms with van der Waals surface area (Å²) in [5, 5.41) is 0.0134. The van der Waals surface area contributed by atoms with E-state index in [4.69, 9.17) is 25.8 Å². The Hall–Kier alpha value is -2.62. The van der Waals surface area contributed by atoms with Crippen LogP contribution >= 0.6 is 11.6 Å². The van der Waals surface area contributed by atoms with Crippen molar-refractivity contribution < 1.29 is 32.2 Å². The molecule has 10 heteroatoms. The van der Waals surface area contributed by atoms with Crippen LogP contribution in [0.5, 0.6) is 11.5 Å². The van der Waals surface area contributed by atoms with E-state index in [2.05, 4.69) is 0 Å². The van der Waals surface area contributed by atoms with E-state index < -0.39 is 28.4 Å². The second-order valence-corrected chi connectivity index (χ2v) is 8.85. The molecule has 2 aromatic rings. The van der Waals surface area contributed by atoms with Crippen molar-refractivity contribution >= 4 is 33.4 Å². The molecule has 0 amide bonds. The lowest BCUT2D eigenvalue weighted by molar-refractivity contribution is 0.0474. The van der Waals surface area contributed by atoms with E-state index >= 15 is 0 Å². The van der Waals surface area contributed by atoms with Gasteiger partial charge in [-0.1, -0.05) is 11.6 Å². The predicted octanol–water partition coefficient (Wildman–Crippen LogP) is 2.40. The van der Waals surface area contributed by atoms with Gasteiger partial charge in [0.1, 0.15) is 13.2 Å². The van der Waals surface area contributed by atoms with Gasteiger partial charge in [0.2, 0.25) is 10.0 Å². The first-order valence-electron chi connectivity index (χ1n) is 8.52. The molecule has 0 saturated carbocycles. The van der Waals surface area contributed by atoms with Crippen molar-refractivity contribution in [1.29, 1.82) is 0 Å². The highest BCUT2D eigenvalue weighted by Gasteiger charge is 2.22. The van der Waals surface area contributed by atoms with Crippen molar-refractivity contribution in [1.82, 2.24) is 4.31 Å². The van der Waals surface area contributed by atoms with Crippen molar-refractivity contribution in [3.05, 3.63) is 52.5 Å². The topological polar surface area (TPSA) is 99.2 Å². The maximum atomic E-state index is 12.4. The monoisotopic (exact) mass is 439 g/mol. The summed E-state index contributed by atoms with van der Waals surface area (Å²) in [6.07, 6.45) is 0. The summed E-state index contributed by atoms with van der Waals surface area (Å²) >= 11 is 6.01. The number of hydrogen-bond donors (Lipinski definition) is 0. The zero-order chi connectivity index (χ0) is 21.2. The fourth-order valence-corrected chi connectivity index (χ4v) is 3.66. The summed E-state index contributed by atoms with van der Waals surface area (Å²) in [5.74, 6) is -0.381. The Balaban J connectivity index is 1.73.